The molecule has 0 fully saturated rings. The highest BCUT2D eigenvalue weighted by atomic mass is 32.2. The molecule has 27 heavy (non-hydrogen) atoms. The molecule has 1 heterocycles. The molecule has 1 amide bonds. The molecule has 0 aliphatic heterocycles. The molecule has 0 spiro atoms. The zero-order chi connectivity index (χ0) is 19.9. The van der Waals surface area contributed by atoms with Gasteiger partial charge in [0.15, 0.2) is 0 Å². The molecule has 1 N–H and O–H groups in total. The van der Waals surface area contributed by atoms with Gasteiger partial charge in [0, 0.05) is 13.0 Å². The van der Waals surface area contributed by atoms with Crippen molar-refractivity contribution in [3.8, 4) is 0 Å². The largest absolute Gasteiger partial charge is 0.467 e. The van der Waals surface area contributed by atoms with Crippen LogP contribution in [-0.4, -0.2) is 39.7 Å². The third-order valence-electron chi connectivity index (χ3n) is 3.65. The van der Waals surface area contributed by atoms with Crippen LogP contribution >= 0.6 is 0 Å². The van der Waals surface area contributed by atoms with E-state index in [9.17, 15) is 18.0 Å². The fourth-order valence-corrected chi connectivity index (χ4v) is 3.37. The molecule has 146 valence electrons. The number of nitrogens with zero attached hydrogens (tertiary/aromatic N) is 1. The Labute approximate surface area is 158 Å². The van der Waals surface area contributed by atoms with Crippen molar-refractivity contribution in [2.75, 3.05) is 23.7 Å². The number of carbonyl (C=O) groups is 2. The Morgan fingerprint density at radius 2 is 1.93 bits per heavy atom. The van der Waals surface area contributed by atoms with Crippen LogP contribution in [0.5, 0.6) is 0 Å². The molecule has 1 aromatic heterocycles. The Morgan fingerprint density at radius 3 is 2.56 bits per heavy atom. The first-order valence-corrected chi connectivity index (χ1v) is 10.2. The fourth-order valence-electron chi connectivity index (χ4n) is 2.43. The summed E-state index contributed by atoms with van der Waals surface area (Å²) in [6, 6.07) is 9.66. The van der Waals surface area contributed by atoms with E-state index in [4.69, 9.17) is 9.15 Å². The van der Waals surface area contributed by atoms with Gasteiger partial charge in [0.2, 0.25) is 15.9 Å². The first kappa shape index (κ1) is 20.5. The fraction of sp³-hybridized carbons (Fsp3) is 0.333. The van der Waals surface area contributed by atoms with Gasteiger partial charge in [-0.15, -0.1) is 0 Å². The van der Waals surface area contributed by atoms with Gasteiger partial charge >= 0.3 is 5.97 Å². The molecule has 8 nitrogen and oxygen atoms in total. The Kier molecular flexibility index (Phi) is 7.00. The minimum Gasteiger partial charge on any atom is -0.467 e. The number of sulfonamides is 1. The minimum absolute atomic E-state index is 0.0784. The van der Waals surface area contributed by atoms with E-state index in [1.165, 1.54) is 18.4 Å². The standard InChI is InChI=1S/C18H22N2O6S/c1-3-25-18(22)15-8-4-5-9-16(15)20(27(2,23)24)11-10-17(21)19-13-14-7-6-12-26-14/h4-9,12H,3,10-11,13H2,1-2H3,(H,19,21). The van der Waals surface area contributed by atoms with Gasteiger partial charge in [-0.25, -0.2) is 13.2 Å². The van der Waals surface area contributed by atoms with Gasteiger partial charge in [-0.3, -0.25) is 9.10 Å². The number of ether oxygens (including phenoxy) is 1. The maximum absolute atomic E-state index is 12.2. The van der Waals surface area contributed by atoms with Crippen LogP contribution in [0, 0.1) is 0 Å². The summed E-state index contributed by atoms with van der Waals surface area (Å²) in [5.74, 6) is -0.367. The van der Waals surface area contributed by atoms with Crippen LogP contribution < -0.4 is 9.62 Å². The summed E-state index contributed by atoms with van der Waals surface area (Å²) in [5, 5.41) is 2.66. The Bertz CT molecular complexity index is 877. The Hall–Kier alpha value is -2.81. The average molecular weight is 394 g/mol. The topological polar surface area (TPSA) is 106 Å². The number of anilines is 1. The predicted octanol–water partition coefficient (Wildman–Crippen LogP) is 1.93. The summed E-state index contributed by atoms with van der Waals surface area (Å²) in [6.45, 7) is 1.93. The molecule has 0 saturated heterocycles. The van der Waals surface area contributed by atoms with Gasteiger partial charge in [0.25, 0.3) is 0 Å². The smallest absolute Gasteiger partial charge is 0.340 e. The number of benzene rings is 1. The molecule has 0 bridgehead atoms. The number of hydrogen-bond donors (Lipinski definition) is 1. The van der Waals surface area contributed by atoms with Crippen LogP contribution in [0.1, 0.15) is 29.5 Å². The van der Waals surface area contributed by atoms with Gasteiger partial charge in [0.1, 0.15) is 5.76 Å². The van der Waals surface area contributed by atoms with Crippen LogP contribution in [0.2, 0.25) is 0 Å². The normalized spacial score (nSPS) is 11.0. The van der Waals surface area contributed by atoms with Gasteiger partial charge in [0.05, 0.1) is 36.9 Å². The maximum atomic E-state index is 12.2. The van der Waals surface area contributed by atoms with Crippen molar-refractivity contribution in [1.29, 1.82) is 0 Å². The molecular weight excluding hydrogens is 372 g/mol. The highest BCUT2D eigenvalue weighted by Gasteiger charge is 2.24. The van der Waals surface area contributed by atoms with Gasteiger partial charge in [-0.1, -0.05) is 12.1 Å². The number of rotatable bonds is 9. The third kappa shape index (κ3) is 5.85. The summed E-state index contributed by atoms with van der Waals surface area (Å²) in [4.78, 5) is 24.2. The van der Waals surface area contributed by atoms with E-state index >= 15 is 0 Å². The first-order valence-electron chi connectivity index (χ1n) is 8.36. The average Bonchev–Trinajstić information content (AvgIpc) is 3.13. The van der Waals surface area contributed by atoms with Gasteiger partial charge in [-0.05, 0) is 31.2 Å². The number of carbonyl (C=O) groups excluding carboxylic acids is 2. The minimum atomic E-state index is -3.72. The lowest BCUT2D eigenvalue weighted by atomic mass is 10.1. The predicted molar refractivity (Wildman–Crippen MR) is 99.8 cm³/mol. The Morgan fingerprint density at radius 1 is 1.19 bits per heavy atom. The maximum Gasteiger partial charge on any atom is 0.340 e. The monoisotopic (exact) mass is 394 g/mol. The lowest BCUT2D eigenvalue weighted by molar-refractivity contribution is -0.121. The first-order chi connectivity index (χ1) is 12.8. The number of furan rings is 1. The zero-order valence-corrected chi connectivity index (χ0v) is 16.0. The number of esters is 1. The van der Waals surface area contributed by atoms with E-state index in [0.29, 0.717) is 5.76 Å². The molecule has 0 aliphatic carbocycles. The van der Waals surface area contributed by atoms with Gasteiger partial charge in [-0.2, -0.15) is 0 Å². The summed E-state index contributed by atoms with van der Waals surface area (Å²) in [6.07, 6.45) is 2.44. The van der Waals surface area contributed by atoms with Gasteiger partial charge < -0.3 is 14.5 Å². The highest BCUT2D eigenvalue weighted by Crippen LogP contribution is 2.24. The molecule has 2 aromatic rings. The van der Waals surface area contributed by atoms with Crippen LogP contribution in [0.25, 0.3) is 0 Å². The van der Waals surface area contributed by atoms with Crippen LogP contribution in [0.3, 0.4) is 0 Å². The molecule has 0 atom stereocenters. The summed E-state index contributed by atoms with van der Waals surface area (Å²) >= 11 is 0. The van der Waals surface area contributed by atoms with Crippen molar-refractivity contribution in [1.82, 2.24) is 5.32 Å². The van der Waals surface area contributed by atoms with Crippen molar-refractivity contribution < 1.29 is 27.2 Å². The molecule has 0 aliphatic rings. The number of para-hydroxylation sites is 1. The van der Waals surface area contributed by atoms with E-state index in [-0.39, 0.29) is 43.3 Å². The second-order valence-corrected chi connectivity index (χ2v) is 7.59. The van der Waals surface area contributed by atoms with E-state index in [1.54, 1.807) is 31.2 Å². The quantitative estimate of drug-likeness (QED) is 0.652. The summed E-state index contributed by atoms with van der Waals surface area (Å²) < 4.78 is 35.6. The summed E-state index contributed by atoms with van der Waals surface area (Å²) in [7, 11) is -3.72. The van der Waals surface area contributed by atoms with Crippen LogP contribution in [-0.2, 0) is 26.1 Å². The van der Waals surface area contributed by atoms with E-state index in [0.717, 1.165) is 10.6 Å². The molecule has 9 heteroatoms. The second-order valence-electron chi connectivity index (χ2n) is 5.68. The van der Waals surface area contributed by atoms with Crippen molar-refractivity contribution in [3.05, 3.63) is 54.0 Å². The van der Waals surface area contributed by atoms with Crippen molar-refractivity contribution in [2.24, 2.45) is 0 Å². The number of nitrogens with one attached hydrogen (secondary N) is 1. The molecule has 0 radical (unpaired) electrons. The third-order valence-corrected chi connectivity index (χ3v) is 4.83. The van der Waals surface area contributed by atoms with E-state index < -0.39 is 16.0 Å². The molecule has 1 aromatic carbocycles. The molecular formula is C18H22N2O6S. The van der Waals surface area contributed by atoms with Crippen molar-refractivity contribution in [3.63, 3.8) is 0 Å². The SMILES string of the molecule is CCOC(=O)c1ccccc1N(CCC(=O)NCc1ccco1)S(C)(=O)=O. The highest BCUT2D eigenvalue weighted by molar-refractivity contribution is 7.92. The van der Waals surface area contributed by atoms with Crippen LogP contribution in [0.4, 0.5) is 5.69 Å². The summed E-state index contributed by atoms with van der Waals surface area (Å²) in [5.41, 5.74) is 0.304. The second kappa shape index (κ2) is 9.22. The number of hydrogen-bond acceptors (Lipinski definition) is 6. The zero-order valence-electron chi connectivity index (χ0n) is 15.2. The molecule has 0 saturated carbocycles. The lowest BCUT2D eigenvalue weighted by Crippen LogP contribution is -2.35. The van der Waals surface area contributed by atoms with E-state index in [2.05, 4.69) is 5.32 Å². The van der Waals surface area contributed by atoms with Crippen molar-refractivity contribution in [2.45, 2.75) is 19.9 Å². The van der Waals surface area contributed by atoms with Crippen molar-refractivity contribution >= 4 is 27.6 Å². The van der Waals surface area contributed by atoms with Crippen LogP contribution in [0.15, 0.2) is 47.1 Å². The number of amides is 1. The Balaban J connectivity index is 2.12. The van der Waals surface area contributed by atoms with E-state index in [1.807, 2.05) is 0 Å². The molecule has 0 unspecified atom stereocenters. The lowest BCUT2D eigenvalue weighted by Gasteiger charge is -2.24. The molecule has 2 rings (SSSR count).